The second-order valence-corrected chi connectivity index (χ2v) is 6.40. The first-order chi connectivity index (χ1) is 11.7. The van der Waals surface area contributed by atoms with Crippen molar-refractivity contribution in [2.75, 3.05) is 0 Å². The van der Waals surface area contributed by atoms with E-state index in [9.17, 15) is 22.8 Å². The van der Waals surface area contributed by atoms with E-state index in [0.717, 1.165) is 23.5 Å². The maximum atomic E-state index is 12.7. The van der Waals surface area contributed by atoms with Crippen LogP contribution in [0.1, 0.15) is 33.5 Å². The number of amides is 1. The highest BCUT2D eigenvalue weighted by atomic mass is 32.1. The van der Waals surface area contributed by atoms with E-state index in [1.807, 2.05) is 0 Å². The largest absolute Gasteiger partial charge is 0.476 e. The molecule has 0 radical (unpaired) electrons. The van der Waals surface area contributed by atoms with Crippen molar-refractivity contribution in [2.45, 2.75) is 26.1 Å². The summed E-state index contributed by atoms with van der Waals surface area (Å²) in [5.74, 6) is -2.03. The van der Waals surface area contributed by atoms with E-state index in [0.29, 0.717) is 10.6 Å². The van der Waals surface area contributed by atoms with Crippen molar-refractivity contribution in [1.29, 1.82) is 0 Å². The van der Waals surface area contributed by atoms with Crippen LogP contribution in [0.15, 0.2) is 29.6 Å². The van der Waals surface area contributed by atoms with Gasteiger partial charge < -0.3 is 10.4 Å². The van der Waals surface area contributed by atoms with Crippen LogP contribution < -0.4 is 5.32 Å². The molecule has 2 aromatic rings. The number of benzene rings is 1. The average Bonchev–Trinajstić information content (AvgIpc) is 3.01. The van der Waals surface area contributed by atoms with E-state index in [2.05, 4.69) is 10.3 Å². The molecule has 0 saturated heterocycles. The number of halogens is 3. The third kappa shape index (κ3) is 5.28. The maximum absolute atomic E-state index is 12.7. The Kier molecular flexibility index (Phi) is 5.78. The van der Waals surface area contributed by atoms with Crippen LogP contribution >= 0.6 is 11.3 Å². The van der Waals surface area contributed by atoms with Crippen molar-refractivity contribution < 1.29 is 27.9 Å². The number of carboxylic acids is 1. The predicted octanol–water partition coefficient (Wildman–Crippen LogP) is 3.36. The van der Waals surface area contributed by atoms with Crippen LogP contribution in [-0.4, -0.2) is 22.0 Å². The Morgan fingerprint density at radius 1 is 1.36 bits per heavy atom. The molecular formula is C16H15F3N2O3S. The van der Waals surface area contributed by atoms with Crippen molar-refractivity contribution in [3.05, 3.63) is 51.5 Å². The number of carbonyl (C=O) groups excluding carboxylic acids is 1. The number of thiazole rings is 1. The topological polar surface area (TPSA) is 79.3 Å². The molecule has 2 rings (SSSR count). The molecule has 0 spiro atoms. The van der Waals surface area contributed by atoms with E-state index in [-0.39, 0.29) is 24.6 Å². The van der Waals surface area contributed by atoms with Gasteiger partial charge in [0.1, 0.15) is 5.01 Å². The molecule has 9 heteroatoms. The number of hydrogen-bond acceptors (Lipinski definition) is 4. The van der Waals surface area contributed by atoms with E-state index >= 15 is 0 Å². The molecule has 5 nitrogen and oxygen atoms in total. The fourth-order valence-electron chi connectivity index (χ4n) is 2.15. The first-order valence-corrected chi connectivity index (χ1v) is 8.16. The normalized spacial score (nSPS) is 12.6. The van der Waals surface area contributed by atoms with Gasteiger partial charge in [0.05, 0.1) is 12.1 Å². The number of hydrogen-bond donors (Lipinski definition) is 2. The van der Waals surface area contributed by atoms with E-state index in [4.69, 9.17) is 5.11 Å². The summed E-state index contributed by atoms with van der Waals surface area (Å²) < 4.78 is 38.1. The lowest BCUT2D eigenvalue weighted by Gasteiger charge is -2.13. The van der Waals surface area contributed by atoms with Crippen LogP contribution in [-0.2, 0) is 23.9 Å². The molecule has 25 heavy (non-hydrogen) atoms. The number of rotatable bonds is 6. The minimum absolute atomic E-state index is 0.0731. The molecule has 0 aliphatic carbocycles. The van der Waals surface area contributed by atoms with E-state index in [1.54, 1.807) is 13.0 Å². The first-order valence-electron chi connectivity index (χ1n) is 7.28. The van der Waals surface area contributed by atoms with Crippen molar-refractivity contribution >= 4 is 23.2 Å². The van der Waals surface area contributed by atoms with Crippen molar-refractivity contribution in [2.24, 2.45) is 5.92 Å². The van der Waals surface area contributed by atoms with Crippen LogP contribution in [0.2, 0.25) is 0 Å². The molecule has 0 fully saturated rings. The second-order valence-electron chi connectivity index (χ2n) is 5.45. The molecule has 1 heterocycles. The summed E-state index contributed by atoms with van der Waals surface area (Å²) in [5.41, 5.74) is -0.423. The Balaban J connectivity index is 1.92. The van der Waals surface area contributed by atoms with Crippen LogP contribution in [0.5, 0.6) is 0 Å². The monoisotopic (exact) mass is 372 g/mol. The third-order valence-corrected chi connectivity index (χ3v) is 4.28. The van der Waals surface area contributed by atoms with Crippen LogP contribution in [0.3, 0.4) is 0 Å². The summed E-state index contributed by atoms with van der Waals surface area (Å²) in [5, 5.41) is 13.2. The summed E-state index contributed by atoms with van der Waals surface area (Å²) in [6, 6.07) is 4.87. The van der Waals surface area contributed by atoms with Gasteiger partial charge in [-0.1, -0.05) is 25.1 Å². The number of nitrogens with one attached hydrogen (secondary N) is 1. The number of aromatic carboxylic acids is 1. The lowest BCUT2D eigenvalue weighted by Crippen LogP contribution is -2.29. The number of nitrogens with zero attached hydrogens (tertiary/aromatic N) is 1. The van der Waals surface area contributed by atoms with Gasteiger partial charge in [0.15, 0.2) is 5.69 Å². The van der Waals surface area contributed by atoms with Crippen LogP contribution in [0.4, 0.5) is 13.2 Å². The van der Waals surface area contributed by atoms with E-state index in [1.165, 1.54) is 11.4 Å². The summed E-state index contributed by atoms with van der Waals surface area (Å²) in [4.78, 5) is 26.7. The maximum Gasteiger partial charge on any atom is 0.416 e. The Morgan fingerprint density at radius 2 is 2.08 bits per heavy atom. The van der Waals surface area contributed by atoms with Gasteiger partial charge in [-0.3, -0.25) is 4.79 Å². The highest BCUT2D eigenvalue weighted by molar-refractivity contribution is 7.09. The molecule has 1 aromatic carbocycles. The smallest absolute Gasteiger partial charge is 0.416 e. The zero-order valence-corrected chi connectivity index (χ0v) is 13.9. The van der Waals surface area contributed by atoms with Gasteiger partial charge >= 0.3 is 12.1 Å². The van der Waals surface area contributed by atoms with Gasteiger partial charge in [0.2, 0.25) is 5.91 Å². The van der Waals surface area contributed by atoms with Gasteiger partial charge in [-0.05, 0) is 18.1 Å². The predicted molar refractivity (Wildman–Crippen MR) is 85.2 cm³/mol. The molecule has 0 saturated carbocycles. The van der Waals surface area contributed by atoms with Crippen LogP contribution in [0.25, 0.3) is 0 Å². The number of carboxylic acid groups (broad SMARTS) is 1. The zero-order valence-electron chi connectivity index (χ0n) is 13.1. The van der Waals surface area contributed by atoms with Crippen molar-refractivity contribution in [3.63, 3.8) is 0 Å². The average molecular weight is 372 g/mol. The Hall–Kier alpha value is -2.42. The van der Waals surface area contributed by atoms with Gasteiger partial charge in [0.25, 0.3) is 0 Å². The highest BCUT2D eigenvalue weighted by Gasteiger charge is 2.30. The summed E-state index contributed by atoms with van der Waals surface area (Å²) in [6.45, 7) is 1.68. The molecule has 1 aromatic heterocycles. The zero-order chi connectivity index (χ0) is 18.6. The minimum atomic E-state index is -4.42. The van der Waals surface area contributed by atoms with Crippen LogP contribution in [0, 0.1) is 5.92 Å². The summed E-state index contributed by atoms with van der Waals surface area (Å²) in [6.07, 6.45) is -4.26. The summed E-state index contributed by atoms with van der Waals surface area (Å²) in [7, 11) is 0. The lowest BCUT2D eigenvalue weighted by atomic mass is 9.98. The second kappa shape index (κ2) is 7.64. The van der Waals surface area contributed by atoms with Crippen molar-refractivity contribution in [3.8, 4) is 0 Å². The fraction of sp³-hybridized carbons (Fsp3) is 0.312. The Bertz CT molecular complexity index is 774. The first kappa shape index (κ1) is 18.9. The molecule has 1 atom stereocenters. The minimum Gasteiger partial charge on any atom is -0.476 e. The number of carbonyl (C=O) groups is 2. The quantitative estimate of drug-likeness (QED) is 0.815. The highest BCUT2D eigenvalue weighted by Crippen LogP contribution is 2.30. The van der Waals surface area contributed by atoms with Gasteiger partial charge in [0, 0.05) is 11.3 Å². The molecule has 0 bridgehead atoms. The molecular weight excluding hydrogens is 357 g/mol. The van der Waals surface area contributed by atoms with Gasteiger partial charge in [-0.2, -0.15) is 13.2 Å². The van der Waals surface area contributed by atoms with E-state index < -0.39 is 23.6 Å². The molecule has 134 valence electrons. The van der Waals surface area contributed by atoms with Gasteiger partial charge in [-0.25, -0.2) is 9.78 Å². The number of alkyl halides is 3. The third-order valence-electron chi connectivity index (χ3n) is 3.43. The molecule has 0 aliphatic rings. The standard InChI is InChI=1S/C16H15F3N2O3S/c1-9(5-10-3-2-4-11(6-10)16(17,18)19)14(22)20-7-13-21-12(8-25-13)15(23)24/h2-4,6,8-9H,5,7H2,1H3,(H,20,22)(H,23,24). The SMILES string of the molecule is CC(Cc1cccc(C(F)(F)F)c1)C(=O)NCc1nc(C(=O)O)cs1. The fourth-order valence-corrected chi connectivity index (χ4v) is 2.86. The molecule has 1 amide bonds. The number of aromatic nitrogens is 1. The lowest BCUT2D eigenvalue weighted by molar-refractivity contribution is -0.137. The molecule has 2 N–H and O–H groups in total. The van der Waals surface area contributed by atoms with Gasteiger partial charge in [-0.15, -0.1) is 11.3 Å². The molecule has 0 aliphatic heterocycles. The molecule has 1 unspecified atom stereocenters. The summed E-state index contributed by atoms with van der Waals surface area (Å²) >= 11 is 1.11. The van der Waals surface area contributed by atoms with Crippen molar-refractivity contribution in [1.82, 2.24) is 10.3 Å². The Morgan fingerprint density at radius 3 is 2.68 bits per heavy atom. The Labute approximate surface area is 145 Å².